The van der Waals surface area contributed by atoms with Crippen molar-refractivity contribution in [1.82, 2.24) is 0 Å². The molecule has 0 radical (unpaired) electrons. The Kier molecular flexibility index (Phi) is 4.52. The number of rotatable bonds is 3. The van der Waals surface area contributed by atoms with Crippen molar-refractivity contribution < 1.29 is 9.31 Å². The quantitative estimate of drug-likeness (QED) is 0.686. The van der Waals surface area contributed by atoms with Crippen molar-refractivity contribution in [2.75, 3.05) is 5.32 Å². The van der Waals surface area contributed by atoms with Crippen LogP contribution < -0.4 is 10.8 Å². The number of nitrogens with one attached hydrogen (secondary N) is 1. The van der Waals surface area contributed by atoms with E-state index in [0.717, 1.165) is 16.7 Å². The van der Waals surface area contributed by atoms with Crippen molar-refractivity contribution in [2.24, 2.45) is 0 Å². The van der Waals surface area contributed by atoms with Gasteiger partial charge in [-0.3, -0.25) is 0 Å². The summed E-state index contributed by atoms with van der Waals surface area (Å²) >= 11 is 0. The highest BCUT2D eigenvalue weighted by molar-refractivity contribution is 6.62. The van der Waals surface area contributed by atoms with E-state index < -0.39 is 18.3 Å². The summed E-state index contributed by atoms with van der Waals surface area (Å²) in [6.07, 6.45) is 1.40. The minimum Gasteiger partial charge on any atom is -0.399 e. The third-order valence-corrected chi connectivity index (χ3v) is 4.40. The van der Waals surface area contributed by atoms with Crippen LogP contribution in [0.4, 0.5) is 5.69 Å². The molecule has 2 rings (SSSR count). The van der Waals surface area contributed by atoms with E-state index in [-0.39, 0.29) is 5.57 Å². The van der Waals surface area contributed by atoms with Crippen molar-refractivity contribution in [1.29, 1.82) is 10.5 Å². The smallest absolute Gasteiger partial charge is 0.399 e. The molecule has 1 aliphatic heterocycles. The molecule has 0 amide bonds. The molecule has 0 bridgehead atoms. The normalized spacial score (nSPS) is 18.0. The molecule has 1 aromatic carbocycles. The lowest BCUT2D eigenvalue weighted by atomic mass is 9.78. The van der Waals surface area contributed by atoms with E-state index in [4.69, 9.17) is 19.8 Å². The highest BCUT2D eigenvalue weighted by Gasteiger charge is 2.51. The van der Waals surface area contributed by atoms with E-state index in [0.29, 0.717) is 0 Å². The zero-order chi connectivity index (χ0) is 17.3. The SMILES string of the molecule is Cc1ccc(B2OC(C)(C)C(C)(C)O2)cc1NC=C(C#N)C#N. The molecule has 1 saturated heterocycles. The predicted octanol–water partition coefficient (Wildman–Crippen LogP) is 2.64. The first kappa shape index (κ1) is 17.1. The summed E-state index contributed by atoms with van der Waals surface area (Å²) in [7, 11) is -0.448. The lowest BCUT2D eigenvalue weighted by molar-refractivity contribution is 0.00578. The average molecular weight is 309 g/mol. The first-order valence-corrected chi connectivity index (χ1v) is 7.43. The molecule has 0 aliphatic carbocycles. The summed E-state index contributed by atoms with van der Waals surface area (Å²) in [5.41, 5.74) is 1.92. The largest absolute Gasteiger partial charge is 0.494 e. The predicted molar refractivity (Wildman–Crippen MR) is 89.8 cm³/mol. The number of anilines is 1. The molecule has 0 atom stereocenters. The van der Waals surface area contributed by atoms with E-state index in [2.05, 4.69) is 5.32 Å². The van der Waals surface area contributed by atoms with Gasteiger partial charge in [-0.1, -0.05) is 12.1 Å². The van der Waals surface area contributed by atoms with Gasteiger partial charge >= 0.3 is 7.12 Å². The zero-order valence-corrected chi connectivity index (χ0v) is 14.1. The van der Waals surface area contributed by atoms with Gasteiger partial charge in [0, 0.05) is 11.9 Å². The van der Waals surface area contributed by atoms with E-state index in [1.165, 1.54) is 6.20 Å². The second-order valence-electron chi connectivity index (χ2n) is 6.59. The van der Waals surface area contributed by atoms with E-state index in [1.54, 1.807) is 0 Å². The molecule has 0 unspecified atom stereocenters. The zero-order valence-electron chi connectivity index (χ0n) is 14.1. The van der Waals surface area contributed by atoms with Gasteiger partial charge in [-0.25, -0.2) is 0 Å². The Balaban J connectivity index is 2.27. The maximum atomic E-state index is 8.79. The monoisotopic (exact) mass is 309 g/mol. The van der Waals surface area contributed by atoms with Crippen molar-refractivity contribution in [2.45, 2.75) is 45.8 Å². The van der Waals surface area contributed by atoms with E-state index in [1.807, 2.05) is 65.0 Å². The summed E-state index contributed by atoms with van der Waals surface area (Å²) in [4.78, 5) is 0. The second-order valence-corrected chi connectivity index (χ2v) is 6.59. The van der Waals surface area contributed by atoms with Gasteiger partial charge in [-0.2, -0.15) is 10.5 Å². The molecule has 118 valence electrons. The van der Waals surface area contributed by atoms with E-state index in [9.17, 15) is 0 Å². The lowest BCUT2D eigenvalue weighted by Gasteiger charge is -2.32. The van der Waals surface area contributed by atoms with Crippen LogP contribution in [0.25, 0.3) is 0 Å². The number of hydrogen-bond acceptors (Lipinski definition) is 5. The van der Waals surface area contributed by atoms with Crippen LogP contribution in [-0.2, 0) is 9.31 Å². The number of hydrogen-bond donors (Lipinski definition) is 1. The average Bonchev–Trinajstić information content (AvgIpc) is 2.70. The molecule has 23 heavy (non-hydrogen) atoms. The molecule has 1 fully saturated rings. The number of nitrogens with zero attached hydrogens (tertiary/aromatic N) is 2. The van der Waals surface area contributed by atoms with Gasteiger partial charge in [0.15, 0.2) is 0 Å². The summed E-state index contributed by atoms with van der Waals surface area (Å²) < 4.78 is 12.1. The van der Waals surface area contributed by atoms with Crippen LogP contribution in [0.3, 0.4) is 0 Å². The molecule has 1 heterocycles. The highest BCUT2D eigenvalue weighted by Crippen LogP contribution is 2.36. The van der Waals surface area contributed by atoms with Gasteiger partial charge in [0.25, 0.3) is 0 Å². The Labute approximate surface area is 137 Å². The summed E-state index contributed by atoms with van der Waals surface area (Å²) in [5, 5.41) is 20.6. The molecular formula is C17H20BN3O2. The molecule has 1 aromatic rings. The fourth-order valence-corrected chi connectivity index (χ4v) is 2.16. The maximum absolute atomic E-state index is 8.79. The van der Waals surface area contributed by atoms with Gasteiger partial charge in [0.1, 0.15) is 17.7 Å². The molecule has 0 aromatic heterocycles. The Bertz CT molecular complexity index is 694. The van der Waals surface area contributed by atoms with Gasteiger partial charge in [-0.15, -0.1) is 0 Å². The fourth-order valence-electron chi connectivity index (χ4n) is 2.16. The highest BCUT2D eigenvalue weighted by atomic mass is 16.7. The van der Waals surface area contributed by atoms with Crippen molar-refractivity contribution in [3.05, 3.63) is 35.5 Å². The van der Waals surface area contributed by atoms with Crippen molar-refractivity contribution in [3.63, 3.8) is 0 Å². The van der Waals surface area contributed by atoms with Gasteiger partial charge in [0.05, 0.1) is 11.2 Å². The Morgan fingerprint density at radius 3 is 2.22 bits per heavy atom. The van der Waals surface area contributed by atoms with Crippen molar-refractivity contribution in [3.8, 4) is 12.1 Å². The van der Waals surface area contributed by atoms with E-state index >= 15 is 0 Å². The van der Waals surface area contributed by atoms with Crippen LogP contribution in [0.1, 0.15) is 33.3 Å². The van der Waals surface area contributed by atoms with Crippen LogP contribution in [0.2, 0.25) is 0 Å². The summed E-state index contributed by atoms with van der Waals surface area (Å²) in [6, 6.07) is 9.47. The molecule has 6 heteroatoms. The number of benzene rings is 1. The van der Waals surface area contributed by atoms with Gasteiger partial charge in [-0.05, 0) is 51.7 Å². The molecule has 1 N–H and O–H groups in total. The fraction of sp³-hybridized carbons (Fsp3) is 0.412. The lowest BCUT2D eigenvalue weighted by Crippen LogP contribution is -2.41. The van der Waals surface area contributed by atoms with Crippen molar-refractivity contribution >= 4 is 18.3 Å². The van der Waals surface area contributed by atoms with Crippen LogP contribution in [-0.4, -0.2) is 18.3 Å². The third-order valence-electron chi connectivity index (χ3n) is 4.40. The molecule has 0 spiro atoms. The van der Waals surface area contributed by atoms with Gasteiger partial charge < -0.3 is 14.6 Å². The minimum atomic E-state index is -0.448. The first-order valence-electron chi connectivity index (χ1n) is 7.43. The minimum absolute atomic E-state index is 0.0189. The maximum Gasteiger partial charge on any atom is 0.494 e. The van der Waals surface area contributed by atoms with Crippen LogP contribution in [0.15, 0.2) is 30.0 Å². The van der Waals surface area contributed by atoms with Crippen LogP contribution in [0.5, 0.6) is 0 Å². The Hall–Kier alpha value is -2.28. The Morgan fingerprint density at radius 1 is 1.13 bits per heavy atom. The molecular weight excluding hydrogens is 289 g/mol. The summed E-state index contributed by atoms with van der Waals surface area (Å²) in [5.74, 6) is 0. The third kappa shape index (κ3) is 3.39. The number of nitriles is 2. The standard InChI is InChI=1S/C17H20BN3O2/c1-12-6-7-14(8-15(12)21-11-13(9-19)10-20)18-22-16(2,3)17(4,5)23-18/h6-8,11,21H,1-5H3. The van der Waals surface area contributed by atoms with Crippen LogP contribution >= 0.6 is 0 Å². The van der Waals surface area contributed by atoms with Crippen LogP contribution in [0, 0.1) is 29.6 Å². The van der Waals surface area contributed by atoms with Gasteiger partial charge in [0.2, 0.25) is 0 Å². The summed E-state index contributed by atoms with van der Waals surface area (Å²) in [6.45, 7) is 9.98. The second kappa shape index (κ2) is 6.08. The number of allylic oxidation sites excluding steroid dienone is 1. The molecule has 5 nitrogen and oxygen atoms in total. The molecule has 1 aliphatic rings. The molecule has 0 saturated carbocycles. The topological polar surface area (TPSA) is 78.1 Å². The number of aryl methyl sites for hydroxylation is 1. The first-order chi connectivity index (χ1) is 10.7. The Morgan fingerprint density at radius 2 is 1.70 bits per heavy atom.